The number of fused-ring (bicyclic) bond motifs is 6. The molecule has 1 atom stereocenters. The highest BCUT2D eigenvalue weighted by molar-refractivity contribution is 6.69. The molecule has 3 aliphatic heterocycles. The van der Waals surface area contributed by atoms with Gasteiger partial charge in [0.25, 0.3) is 0 Å². The second-order valence-electron chi connectivity index (χ2n) is 3.96. The fraction of sp³-hybridized carbons (Fsp3) is 1.00. The van der Waals surface area contributed by atoms with E-state index in [9.17, 15) is 13.2 Å². The van der Waals surface area contributed by atoms with Crippen molar-refractivity contribution < 1.29 is 26.4 Å². The lowest BCUT2D eigenvalue weighted by atomic mass is 10.3. The van der Waals surface area contributed by atoms with Crippen LogP contribution in [0.2, 0.25) is 0 Å². The van der Waals surface area contributed by atoms with Crippen LogP contribution in [-0.2, 0) is 13.3 Å². The summed E-state index contributed by atoms with van der Waals surface area (Å²) < 4.78 is 54.1. The molecule has 9 heteroatoms. The lowest BCUT2D eigenvalue weighted by Gasteiger charge is -2.41. The van der Waals surface area contributed by atoms with Gasteiger partial charge in [0.15, 0.2) is 6.10 Å². The van der Waals surface area contributed by atoms with E-state index in [0.29, 0.717) is 26.3 Å². The van der Waals surface area contributed by atoms with Crippen molar-refractivity contribution in [1.29, 1.82) is 0 Å². The summed E-state index contributed by atoms with van der Waals surface area (Å²) in [7, 11) is -3.36. The minimum atomic E-state index is -4.43. The molecule has 3 rings (SSSR count). The summed E-state index contributed by atoms with van der Waals surface area (Å²) in [5, 5.41) is 0. The fourth-order valence-electron chi connectivity index (χ4n) is 1.83. The Bertz CT molecular complexity index is 271. The first kappa shape index (κ1) is 13.6. The van der Waals surface area contributed by atoms with Crippen molar-refractivity contribution in [2.24, 2.45) is 0 Å². The van der Waals surface area contributed by atoms with Gasteiger partial charge in [-0.15, -0.1) is 11.6 Å². The first-order chi connectivity index (χ1) is 7.95. The average molecular weight is 292 g/mol. The third-order valence-electron chi connectivity index (χ3n) is 2.73. The summed E-state index contributed by atoms with van der Waals surface area (Å²) in [5.41, 5.74) is -0.153. The molecule has 3 aliphatic rings. The minimum absolute atomic E-state index is 0.153. The van der Waals surface area contributed by atoms with Gasteiger partial charge in [-0.05, 0) is 0 Å². The molecule has 0 radical (unpaired) electrons. The monoisotopic (exact) mass is 291 g/mol. The Balaban J connectivity index is 2.21. The molecule has 3 saturated heterocycles. The molecule has 0 saturated carbocycles. The van der Waals surface area contributed by atoms with Crippen molar-refractivity contribution in [3.05, 3.63) is 0 Å². The van der Waals surface area contributed by atoms with Gasteiger partial charge in [0.1, 0.15) is 0 Å². The van der Waals surface area contributed by atoms with Gasteiger partial charge in [-0.2, -0.15) is 13.2 Å². The first-order valence-corrected chi connectivity index (χ1v) is 7.73. The minimum Gasteiger partial charge on any atom is -0.371 e. The van der Waals surface area contributed by atoms with Crippen LogP contribution in [0.5, 0.6) is 0 Å². The Morgan fingerprint density at radius 1 is 1.24 bits per heavy atom. The Morgan fingerprint density at radius 2 is 1.82 bits per heavy atom. The zero-order chi connectivity index (χ0) is 12.5. The summed E-state index contributed by atoms with van der Waals surface area (Å²) in [5.74, 6) is 0. The van der Waals surface area contributed by atoms with Crippen molar-refractivity contribution >= 4 is 20.4 Å². The van der Waals surface area contributed by atoms with E-state index in [1.165, 1.54) is 0 Å². The molecule has 0 N–H and O–H groups in total. The molecule has 3 heterocycles. The van der Waals surface area contributed by atoms with E-state index in [4.69, 9.17) is 24.9 Å². The molecule has 0 aromatic heterocycles. The highest BCUT2D eigenvalue weighted by atomic mass is 35.5. The summed E-state index contributed by atoms with van der Waals surface area (Å²) in [6.45, 7) is 1.31. The highest BCUT2D eigenvalue weighted by Gasteiger charge is 2.53. The Morgan fingerprint density at radius 3 is 2.29 bits per heavy atom. The van der Waals surface area contributed by atoms with Gasteiger partial charge < -0.3 is 13.3 Å². The van der Waals surface area contributed by atoms with Crippen LogP contribution in [0.4, 0.5) is 13.2 Å². The molecule has 0 amide bonds. The Hall–Kier alpha value is 0.137. The molecule has 0 aliphatic carbocycles. The van der Waals surface area contributed by atoms with Crippen LogP contribution in [0.15, 0.2) is 0 Å². The molecule has 1 unspecified atom stereocenters. The van der Waals surface area contributed by atoms with Crippen LogP contribution in [0, 0.1) is 0 Å². The zero-order valence-corrected chi connectivity index (χ0v) is 10.8. The van der Waals surface area contributed by atoms with Gasteiger partial charge in [0.2, 0.25) is 0 Å². The molecule has 17 heavy (non-hydrogen) atoms. The van der Waals surface area contributed by atoms with E-state index in [1.54, 1.807) is 4.90 Å². The summed E-state index contributed by atoms with van der Waals surface area (Å²) >= 11 is 5.68. The topological polar surface area (TPSA) is 30.9 Å². The van der Waals surface area contributed by atoms with E-state index < -0.39 is 21.1 Å². The second-order valence-corrected chi connectivity index (χ2v) is 7.21. The molecule has 2 bridgehead atoms. The molecule has 4 nitrogen and oxygen atoms in total. The van der Waals surface area contributed by atoms with E-state index in [1.807, 2.05) is 0 Å². The van der Waals surface area contributed by atoms with Gasteiger partial charge in [0.05, 0.1) is 18.7 Å². The predicted octanol–water partition coefficient (Wildman–Crippen LogP) is 1.01. The second kappa shape index (κ2) is 5.02. The molecule has 0 spiro atoms. The maximum absolute atomic E-state index is 12.8. The quantitative estimate of drug-likeness (QED) is 0.533. The zero-order valence-electron chi connectivity index (χ0n) is 9.00. The maximum atomic E-state index is 12.8. The standard InChI is InChI=1S/C8H13ClF3NO3Si/c9-6-17-14-3-1-13(2-4-15-17)5-7(16-17)8(10,11)12/h7H,1-6H2. The van der Waals surface area contributed by atoms with Crippen molar-refractivity contribution in [1.82, 2.24) is 4.90 Å². The van der Waals surface area contributed by atoms with E-state index in [0.717, 1.165) is 0 Å². The van der Waals surface area contributed by atoms with Crippen molar-refractivity contribution in [2.45, 2.75) is 12.3 Å². The van der Waals surface area contributed by atoms with Gasteiger partial charge >= 0.3 is 15.0 Å². The van der Waals surface area contributed by atoms with Crippen LogP contribution >= 0.6 is 11.6 Å². The number of rotatable bonds is 1. The Labute approximate surface area is 103 Å². The fourth-order valence-corrected chi connectivity index (χ4v) is 4.37. The molecular weight excluding hydrogens is 279 g/mol. The van der Waals surface area contributed by atoms with Crippen LogP contribution in [-0.4, -0.2) is 64.3 Å². The van der Waals surface area contributed by atoms with Crippen molar-refractivity contribution in [2.75, 3.05) is 38.4 Å². The third kappa shape index (κ3) is 3.12. The molecule has 0 aromatic rings. The predicted molar refractivity (Wildman–Crippen MR) is 55.7 cm³/mol. The van der Waals surface area contributed by atoms with Crippen LogP contribution in [0.1, 0.15) is 0 Å². The SMILES string of the molecule is FC(F)(F)C1CN2CCO[Si](CCl)(OCC2)O1. The van der Waals surface area contributed by atoms with Crippen LogP contribution < -0.4 is 0 Å². The van der Waals surface area contributed by atoms with Gasteiger partial charge in [-0.1, -0.05) is 0 Å². The van der Waals surface area contributed by atoms with Crippen LogP contribution in [0.3, 0.4) is 0 Å². The smallest absolute Gasteiger partial charge is 0.371 e. The lowest BCUT2D eigenvalue weighted by molar-refractivity contribution is -0.219. The molecule has 100 valence electrons. The van der Waals surface area contributed by atoms with E-state index >= 15 is 0 Å². The third-order valence-corrected chi connectivity index (χ3v) is 5.97. The van der Waals surface area contributed by atoms with Crippen LogP contribution in [0.25, 0.3) is 0 Å². The highest BCUT2D eigenvalue weighted by Crippen LogP contribution is 2.30. The van der Waals surface area contributed by atoms with Gasteiger partial charge in [-0.25, -0.2) is 0 Å². The van der Waals surface area contributed by atoms with Crippen molar-refractivity contribution in [3.63, 3.8) is 0 Å². The molecule has 3 fully saturated rings. The molecule has 0 aromatic carbocycles. The largest absolute Gasteiger partial charge is 0.517 e. The van der Waals surface area contributed by atoms with E-state index in [2.05, 4.69) is 0 Å². The number of hydrogen-bond donors (Lipinski definition) is 0. The number of hydrogen-bond acceptors (Lipinski definition) is 4. The number of alkyl halides is 4. The number of nitrogens with zero attached hydrogens (tertiary/aromatic N) is 1. The van der Waals surface area contributed by atoms with Crippen molar-refractivity contribution in [3.8, 4) is 0 Å². The maximum Gasteiger partial charge on any atom is 0.517 e. The van der Waals surface area contributed by atoms with E-state index in [-0.39, 0.29) is 12.0 Å². The lowest BCUT2D eigenvalue weighted by Crippen LogP contribution is -2.62. The van der Waals surface area contributed by atoms with Gasteiger partial charge in [0, 0.05) is 19.6 Å². The van der Waals surface area contributed by atoms with Gasteiger partial charge in [-0.3, -0.25) is 4.90 Å². The normalized spacial score (nSPS) is 39.5. The number of halogens is 4. The average Bonchev–Trinajstić information content (AvgIpc) is 2.13. The summed E-state index contributed by atoms with van der Waals surface area (Å²) in [4.78, 5) is 1.63. The molecular formula is C8H13ClF3NO3Si. The Kier molecular flexibility index (Phi) is 4.01. The summed E-state index contributed by atoms with van der Waals surface area (Å²) in [6.07, 6.45) is -6.31. The summed E-state index contributed by atoms with van der Waals surface area (Å²) in [6, 6.07) is 0. The first-order valence-electron chi connectivity index (χ1n) is 5.26.